The molecule has 1 heterocycles. The van der Waals surface area contributed by atoms with Crippen LogP contribution in [0.3, 0.4) is 0 Å². The average Bonchev–Trinajstić information content (AvgIpc) is 2.73. The molecule has 2 rings (SSSR count). The Morgan fingerprint density at radius 2 is 1.88 bits per heavy atom. The SMILES string of the molecule is CN(C)Cc1ccc(O)cc1.Cc1ncc[nH]1. The zero-order valence-corrected chi connectivity index (χ0v) is 10.5. The number of nitrogens with zero attached hydrogens (tertiary/aromatic N) is 2. The van der Waals surface area contributed by atoms with Gasteiger partial charge in [0.1, 0.15) is 11.6 Å². The summed E-state index contributed by atoms with van der Waals surface area (Å²) in [5.41, 5.74) is 1.22. The van der Waals surface area contributed by atoms with Crippen molar-refractivity contribution in [1.29, 1.82) is 0 Å². The topological polar surface area (TPSA) is 52.1 Å². The first kappa shape index (κ1) is 13.3. The smallest absolute Gasteiger partial charge is 0.115 e. The van der Waals surface area contributed by atoms with Crippen molar-refractivity contribution in [2.75, 3.05) is 14.1 Å². The van der Waals surface area contributed by atoms with Crippen molar-refractivity contribution in [2.45, 2.75) is 13.5 Å². The highest BCUT2D eigenvalue weighted by Crippen LogP contribution is 2.10. The molecular weight excluding hydrogens is 214 g/mol. The van der Waals surface area contributed by atoms with Crippen LogP contribution in [0.4, 0.5) is 0 Å². The standard InChI is InChI=1S/C9H13NO.C4H6N2/c1-10(2)7-8-3-5-9(11)6-4-8;1-4-5-2-3-6-4/h3-6,11H,7H2,1-2H3;2-3H,1H3,(H,5,6). The van der Waals surface area contributed by atoms with Crippen molar-refractivity contribution in [3.63, 3.8) is 0 Å². The Hall–Kier alpha value is -1.81. The van der Waals surface area contributed by atoms with Gasteiger partial charge in [-0.15, -0.1) is 0 Å². The van der Waals surface area contributed by atoms with Gasteiger partial charge >= 0.3 is 0 Å². The monoisotopic (exact) mass is 233 g/mol. The Bertz CT molecular complexity index is 407. The summed E-state index contributed by atoms with van der Waals surface area (Å²) in [5, 5.41) is 8.98. The van der Waals surface area contributed by atoms with Crippen LogP contribution in [0.1, 0.15) is 11.4 Å². The van der Waals surface area contributed by atoms with Crippen LogP contribution in [-0.4, -0.2) is 34.1 Å². The van der Waals surface area contributed by atoms with E-state index in [-0.39, 0.29) is 0 Å². The molecule has 17 heavy (non-hydrogen) atoms. The number of aryl methyl sites for hydroxylation is 1. The van der Waals surface area contributed by atoms with E-state index in [1.807, 2.05) is 33.2 Å². The Kier molecular flexibility index (Phi) is 5.23. The molecule has 2 aromatic rings. The number of aromatic amines is 1. The summed E-state index contributed by atoms with van der Waals surface area (Å²) in [5.74, 6) is 1.29. The molecule has 1 aromatic carbocycles. The number of aromatic nitrogens is 2. The van der Waals surface area contributed by atoms with Gasteiger partial charge in [0, 0.05) is 18.9 Å². The molecule has 0 radical (unpaired) electrons. The summed E-state index contributed by atoms with van der Waals surface area (Å²) >= 11 is 0. The van der Waals surface area contributed by atoms with Crippen molar-refractivity contribution in [2.24, 2.45) is 0 Å². The Labute approximate surface area is 102 Å². The van der Waals surface area contributed by atoms with Crippen LogP contribution < -0.4 is 0 Å². The number of phenols is 1. The number of rotatable bonds is 2. The molecular formula is C13H19N3O. The van der Waals surface area contributed by atoms with Gasteiger partial charge in [-0.3, -0.25) is 0 Å². The molecule has 0 amide bonds. The number of phenolic OH excluding ortho intramolecular Hbond substituents is 1. The molecule has 1 aromatic heterocycles. The van der Waals surface area contributed by atoms with Crippen molar-refractivity contribution >= 4 is 0 Å². The molecule has 0 saturated carbocycles. The van der Waals surface area contributed by atoms with E-state index in [9.17, 15) is 0 Å². The van der Waals surface area contributed by atoms with Crippen molar-refractivity contribution in [3.05, 3.63) is 48.0 Å². The van der Waals surface area contributed by atoms with Crippen LogP contribution in [-0.2, 0) is 6.54 Å². The highest BCUT2D eigenvalue weighted by molar-refractivity contribution is 5.25. The molecule has 0 unspecified atom stereocenters. The van der Waals surface area contributed by atoms with Crippen molar-refractivity contribution in [1.82, 2.24) is 14.9 Å². The lowest BCUT2D eigenvalue weighted by molar-refractivity contribution is 0.402. The fraction of sp³-hybridized carbons (Fsp3) is 0.308. The maximum absolute atomic E-state index is 8.98. The van der Waals surface area contributed by atoms with Gasteiger partial charge in [0.05, 0.1) is 0 Å². The molecule has 0 bridgehead atoms. The third-order valence-corrected chi connectivity index (χ3v) is 2.07. The van der Waals surface area contributed by atoms with Crippen LogP contribution in [0, 0.1) is 6.92 Å². The minimum Gasteiger partial charge on any atom is -0.508 e. The fourth-order valence-electron chi connectivity index (χ4n) is 1.31. The van der Waals surface area contributed by atoms with Crippen molar-refractivity contribution < 1.29 is 5.11 Å². The number of benzene rings is 1. The third kappa shape index (κ3) is 5.73. The lowest BCUT2D eigenvalue weighted by Crippen LogP contribution is -2.10. The molecule has 0 atom stereocenters. The average molecular weight is 233 g/mol. The van der Waals surface area contributed by atoms with Crippen LogP contribution >= 0.6 is 0 Å². The lowest BCUT2D eigenvalue weighted by Gasteiger charge is -2.08. The molecule has 4 heteroatoms. The highest BCUT2D eigenvalue weighted by Gasteiger charge is 1.93. The summed E-state index contributed by atoms with van der Waals surface area (Å²) < 4.78 is 0. The zero-order chi connectivity index (χ0) is 12.7. The van der Waals surface area contributed by atoms with E-state index in [0.717, 1.165) is 12.4 Å². The van der Waals surface area contributed by atoms with Gasteiger partial charge in [-0.1, -0.05) is 12.1 Å². The van der Waals surface area contributed by atoms with E-state index in [0.29, 0.717) is 5.75 Å². The van der Waals surface area contributed by atoms with E-state index in [1.165, 1.54) is 5.56 Å². The second-order valence-corrected chi connectivity index (χ2v) is 4.08. The van der Waals surface area contributed by atoms with E-state index in [4.69, 9.17) is 5.11 Å². The molecule has 4 nitrogen and oxygen atoms in total. The first-order valence-corrected chi connectivity index (χ1v) is 5.46. The summed E-state index contributed by atoms with van der Waals surface area (Å²) in [6, 6.07) is 7.27. The van der Waals surface area contributed by atoms with Gasteiger partial charge in [0.15, 0.2) is 0 Å². The van der Waals surface area contributed by atoms with Gasteiger partial charge in [-0.2, -0.15) is 0 Å². The highest BCUT2D eigenvalue weighted by atomic mass is 16.3. The van der Waals surface area contributed by atoms with Crippen LogP contribution in [0.2, 0.25) is 0 Å². The predicted octanol–water partition coefficient (Wildman–Crippen LogP) is 2.17. The van der Waals surface area contributed by atoms with Crippen LogP contribution in [0.15, 0.2) is 36.7 Å². The third-order valence-electron chi connectivity index (χ3n) is 2.07. The molecule has 0 fully saturated rings. The van der Waals surface area contributed by atoms with E-state index in [1.54, 1.807) is 24.5 Å². The molecule has 2 N–H and O–H groups in total. The number of imidazole rings is 1. The Balaban J connectivity index is 0.000000202. The van der Waals surface area contributed by atoms with E-state index >= 15 is 0 Å². The summed E-state index contributed by atoms with van der Waals surface area (Å²) in [7, 11) is 4.04. The molecule has 0 saturated heterocycles. The maximum atomic E-state index is 8.98. The number of hydrogen-bond acceptors (Lipinski definition) is 3. The second-order valence-electron chi connectivity index (χ2n) is 4.08. The Morgan fingerprint density at radius 1 is 1.24 bits per heavy atom. The normalized spacial score (nSPS) is 9.88. The number of hydrogen-bond donors (Lipinski definition) is 2. The van der Waals surface area contributed by atoms with Gasteiger partial charge in [-0.05, 0) is 38.7 Å². The molecule has 0 spiro atoms. The maximum Gasteiger partial charge on any atom is 0.115 e. The summed E-state index contributed by atoms with van der Waals surface area (Å²) in [6.07, 6.45) is 3.53. The first-order chi connectivity index (χ1) is 8.08. The molecule has 0 aliphatic heterocycles. The summed E-state index contributed by atoms with van der Waals surface area (Å²) in [4.78, 5) is 8.84. The minimum absolute atomic E-state index is 0.326. The number of H-pyrrole nitrogens is 1. The Morgan fingerprint density at radius 3 is 2.24 bits per heavy atom. The van der Waals surface area contributed by atoms with Gasteiger partial charge < -0.3 is 15.0 Å². The van der Waals surface area contributed by atoms with Gasteiger partial charge in [-0.25, -0.2) is 4.98 Å². The van der Waals surface area contributed by atoms with Gasteiger partial charge in [0.25, 0.3) is 0 Å². The first-order valence-electron chi connectivity index (χ1n) is 5.46. The molecule has 0 aliphatic rings. The van der Waals surface area contributed by atoms with Crippen molar-refractivity contribution in [3.8, 4) is 5.75 Å². The van der Waals surface area contributed by atoms with E-state index in [2.05, 4.69) is 14.9 Å². The van der Waals surface area contributed by atoms with Crippen LogP contribution in [0.25, 0.3) is 0 Å². The molecule has 0 aliphatic carbocycles. The lowest BCUT2D eigenvalue weighted by atomic mass is 10.2. The van der Waals surface area contributed by atoms with Gasteiger partial charge in [0.2, 0.25) is 0 Å². The quantitative estimate of drug-likeness (QED) is 0.836. The molecule has 92 valence electrons. The van der Waals surface area contributed by atoms with Crippen LogP contribution in [0.5, 0.6) is 5.75 Å². The fourth-order valence-corrected chi connectivity index (χ4v) is 1.31. The minimum atomic E-state index is 0.326. The zero-order valence-electron chi connectivity index (χ0n) is 10.5. The number of nitrogens with one attached hydrogen (secondary N) is 1. The van der Waals surface area contributed by atoms with E-state index < -0.39 is 0 Å². The number of aromatic hydroxyl groups is 1. The summed E-state index contributed by atoms with van der Waals surface area (Å²) in [6.45, 7) is 2.83. The second kappa shape index (κ2) is 6.70. The largest absolute Gasteiger partial charge is 0.508 e. The predicted molar refractivity (Wildman–Crippen MR) is 68.8 cm³/mol.